The van der Waals surface area contributed by atoms with Gasteiger partial charge in [0.2, 0.25) is 0 Å². The van der Waals surface area contributed by atoms with Crippen molar-refractivity contribution in [3.05, 3.63) is 65.2 Å². The second kappa shape index (κ2) is 6.47. The van der Waals surface area contributed by atoms with Crippen molar-refractivity contribution in [1.82, 2.24) is 4.41 Å². The first kappa shape index (κ1) is 15.8. The second-order valence-electron chi connectivity index (χ2n) is 4.15. The van der Waals surface area contributed by atoms with Crippen LogP contribution < -0.4 is 0 Å². The van der Waals surface area contributed by atoms with Crippen LogP contribution >= 0.6 is 23.2 Å². The predicted molar refractivity (Wildman–Crippen MR) is 85.2 cm³/mol. The van der Waals surface area contributed by atoms with E-state index in [9.17, 15) is 8.42 Å². The monoisotopic (exact) mass is 342 g/mol. The third-order valence-corrected chi connectivity index (χ3v) is 4.89. The first-order chi connectivity index (χ1) is 9.91. The molecule has 2 rings (SSSR count). The van der Waals surface area contributed by atoms with Crippen LogP contribution in [0.25, 0.3) is 0 Å². The molecule has 110 valence electrons. The van der Waals surface area contributed by atoms with E-state index in [0.717, 1.165) is 4.41 Å². The molecule has 0 unspecified atom stereocenters. The number of nitrogens with zero attached hydrogens (tertiary/aromatic N) is 2. The zero-order valence-electron chi connectivity index (χ0n) is 11.1. The van der Waals surface area contributed by atoms with E-state index in [-0.39, 0.29) is 10.1 Å². The van der Waals surface area contributed by atoms with Gasteiger partial charge < -0.3 is 0 Å². The van der Waals surface area contributed by atoms with E-state index in [0.29, 0.717) is 10.6 Å². The summed E-state index contributed by atoms with van der Waals surface area (Å²) in [4.78, 5) is 0.150. The lowest BCUT2D eigenvalue weighted by atomic mass is 10.2. The van der Waals surface area contributed by atoms with Gasteiger partial charge in [0.15, 0.2) is 5.17 Å². The van der Waals surface area contributed by atoms with Gasteiger partial charge in [0.05, 0.1) is 4.90 Å². The van der Waals surface area contributed by atoms with Crippen molar-refractivity contribution in [2.75, 3.05) is 7.05 Å². The summed E-state index contributed by atoms with van der Waals surface area (Å²) < 4.78 is 25.4. The summed E-state index contributed by atoms with van der Waals surface area (Å²) in [5, 5.41) is 4.54. The highest BCUT2D eigenvalue weighted by atomic mass is 35.5. The Bertz CT molecular complexity index is 744. The lowest BCUT2D eigenvalue weighted by Crippen LogP contribution is -2.22. The van der Waals surface area contributed by atoms with Crippen LogP contribution in [0.15, 0.2) is 64.6 Å². The fraction of sp³-hybridized carbons (Fsp3) is 0.0714. The Labute approximate surface area is 133 Å². The Balaban J connectivity index is 2.30. The number of hydrazone groups is 1. The molecule has 0 N–H and O–H groups in total. The molecule has 0 aromatic heterocycles. The zero-order chi connectivity index (χ0) is 15.5. The van der Waals surface area contributed by atoms with Crippen LogP contribution in [0.4, 0.5) is 0 Å². The third kappa shape index (κ3) is 3.75. The summed E-state index contributed by atoms with van der Waals surface area (Å²) in [5.74, 6) is 0. The zero-order valence-corrected chi connectivity index (χ0v) is 13.4. The summed E-state index contributed by atoms with van der Waals surface area (Å²) in [5.41, 5.74) is 0.580. The average molecular weight is 343 g/mol. The van der Waals surface area contributed by atoms with Crippen LogP contribution in [0.2, 0.25) is 5.02 Å². The van der Waals surface area contributed by atoms with E-state index < -0.39 is 10.0 Å². The predicted octanol–water partition coefficient (Wildman–Crippen LogP) is 3.56. The largest absolute Gasteiger partial charge is 0.278 e. The van der Waals surface area contributed by atoms with Gasteiger partial charge in [-0.1, -0.05) is 53.5 Å². The van der Waals surface area contributed by atoms with Crippen molar-refractivity contribution in [1.29, 1.82) is 0 Å². The summed E-state index contributed by atoms with van der Waals surface area (Å²) in [7, 11) is -2.38. The molecule has 0 spiro atoms. The highest BCUT2D eigenvalue weighted by molar-refractivity contribution is 7.89. The van der Waals surface area contributed by atoms with E-state index >= 15 is 0 Å². The first-order valence-corrected chi connectivity index (χ1v) is 8.15. The molecule has 0 radical (unpaired) electrons. The fourth-order valence-electron chi connectivity index (χ4n) is 1.57. The average Bonchev–Trinajstić information content (AvgIpc) is 2.48. The van der Waals surface area contributed by atoms with Crippen molar-refractivity contribution in [2.24, 2.45) is 5.10 Å². The lowest BCUT2D eigenvalue weighted by Gasteiger charge is -2.14. The summed E-state index contributed by atoms with van der Waals surface area (Å²) in [6.07, 6.45) is 0. The van der Waals surface area contributed by atoms with E-state index in [4.69, 9.17) is 23.2 Å². The highest BCUT2D eigenvalue weighted by Crippen LogP contribution is 2.16. The van der Waals surface area contributed by atoms with Crippen LogP contribution in [0, 0.1) is 0 Å². The molecule has 0 heterocycles. The number of sulfonamides is 1. The van der Waals surface area contributed by atoms with Gasteiger partial charge in [-0.15, -0.1) is 5.10 Å². The quantitative estimate of drug-likeness (QED) is 0.630. The maximum Gasteiger partial charge on any atom is 0.278 e. The van der Waals surface area contributed by atoms with E-state index in [2.05, 4.69) is 5.10 Å². The van der Waals surface area contributed by atoms with Crippen molar-refractivity contribution in [3.8, 4) is 0 Å². The van der Waals surface area contributed by atoms with Crippen LogP contribution in [0.5, 0.6) is 0 Å². The molecule has 0 atom stereocenters. The molecule has 0 aliphatic rings. The Kier molecular flexibility index (Phi) is 4.88. The van der Waals surface area contributed by atoms with Gasteiger partial charge in [0, 0.05) is 17.6 Å². The van der Waals surface area contributed by atoms with Gasteiger partial charge >= 0.3 is 0 Å². The molecule has 0 saturated carbocycles. The topological polar surface area (TPSA) is 49.7 Å². The summed E-state index contributed by atoms with van der Waals surface area (Å²) in [6, 6.07) is 14.7. The Morgan fingerprint density at radius 1 is 1.05 bits per heavy atom. The lowest BCUT2D eigenvalue weighted by molar-refractivity contribution is 0.490. The molecule has 0 aliphatic carbocycles. The number of rotatable bonds is 4. The minimum Gasteiger partial charge on any atom is -0.200 e. The van der Waals surface area contributed by atoms with Crippen molar-refractivity contribution in [2.45, 2.75) is 4.90 Å². The summed E-state index contributed by atoms with van der Waals surface area (Å²) in [6.45, 7) is 0. The molecule has 0 amide bonds. The van der Waals surface area contributed by atoms with Gasteiger partial charge in [0.1, 0.15) is 0 Å². The van der Waals surface area contributed by atoms with Crippen molar-refractivity contribution >= 4 is 38.4 Å². The van der Waals surface area contributed by atoms with Gasteiger partial charge in [-0.2, -0.15) is 12.8 Å². The fourth-order valence-corrected chi connectivity index (χ4v) is 2.97. The highest BCUT2D eigenvalue weighted by Gasteiger charge is 2.19. The Hall–Kier alpha value is -1.56. The second-order valence-corrected chi connectivity index (χ2v) is 6.89. The van der Waals surface area contributed by atoms with Crippen molar-refractivity contribution in [3.63, 3.8) is 0 Å². The standard InChI is InChI=1S/C14H12Cl2N2O2S/c1-18(21(19,20)13-5-3-2-4-6-13)17-14(16)11-7-9-12(15)10-8-11/h2-10H,1H3/b17-14-. The molecule has 0 fully saturated rings. The van der Waals surface area contributed by atoms with Crippen LogP contribution in [0.3, 0.4) is 0 Å². The smallest absolute Gasteiger partial charge is 0.200 e. The summed E-state index contributed by atoms with van der Waals surface area (Å²) >= 11 is 11.8. The third-order valence-electron chi connectivity index (χ3n) is 2.70. The molecule has 4 nitrogen and oxygen atoms in total. The minimum absolute atomic E-state index is 0.0636. The molecular weight excluding hydrogens is 331 g/mol. The van der Waals surface area contributed by atoms with Gasteiger partial charge in [-0.25, -0.2) is 0 Å². The first-order valence-electron chi connectivity index (χ1n) is 5.95. The number of hydrogen-bond acceptors (Lipinski definition) is 3. The Morgan fingerprint density at radius 2 is 1.62 bits per heavy atom. The minimum atomic E-state index is -3.71. The molecule has 0 saturated heterocycles. The molecule has 2 aromatic carbocycles. The molecule has 2 aromatic rings. The van der Waals surface area contributed by atoms with Gasteiger partial charge in [-0.3, -0.25) is 0 Å². The molecule has 0 bridgehead atoms. The maximum absolute atomic E-state index is 12.3. The van der Waals surface area contributed by atoms with E-state index in [1.165, 1.54) is 19.2 Å². The Morgan fingerprint density at radius 3 is 2.19 bits per heavy atom. The molecule has 21 heavy (non-hydrogen) atoms. The maximum atomic E-state index is 12.3. The molecular formula is C14H12Cl2N2O2S. The molecule has 0 aliphatic heterocycles. The number of hydrogen-bond donors (Lipinski definition) is 0. The number of benzene rings is 2. The van der Waals surface area contributed by atoms with Gasteiger partial charge in [-0.05, 0) is 24.3 Å². The van der Waals surface area contributed by atoms with Gasteiger partial charge in [0.25, 0.3) is 10.0 Å². The van der Waals surface area contributed by atoms with Crippen LogP contribution in [-0.2, 0) is 10.0 Å². The SMILES string of the molecule is CN(/N=C(\Cl)c1ccc(Cl)cc1)S(=O)(=O)c1ccccc1. The van der Waals surface area contributed by atoms with Crippen LogP contribution in [0.1, 0.15) is 5.56 Å². The number of halogens is 2. The normalized spacial score (nSPS) is 12.2. The van der Waals surface area contributed by atoms with Crippen molar-refractivity contribution < 1.29 is 8.42 Å². The van der Waals surface area contributed by atoms with E-state index in [1.54, 1.807) is 42.5 Å². The molecule has 7 heteroatoms. The van der Waals surface area contributed by atoms with Crippen LogP contribution in [-0.4, -0.2) is 25.1 Å². The van der Waals surface area contributed by atoms with E-state index in [1.807, 2.05) is 0 Å².